The van der Waals surface area contributed by atoms with Crippen molar-refractivity contribution in [2.24, 2.45) is 0 Å². The molecule has 0 saturated carbocycles. The summed E-state index contributed by atoms with van der Waals surface area (Å²) in [4.78, 5) is 15.8. The van der Waals surface area contributed by atoms with Gasteiger partial charge in [0.1, 0.15) is 18.0 Å². The van der Waals surface area contributed by atoms with Crippen LogP contribution in [-0.2, 0) is 4.74 Å². The molecule has 1 atom stereocenters. The standard InChI is InChI=1S/C20H27N5O2/c26-18(17-4-2-1-3-5-17)15-23-6-8-24(9-7-23)19-14-20(22-16-21-19)25-10-12-27-13-11-25/h1-5,14,16,18,26H,6-13,15H2. The van der Waals surface area contributed by atoms with Gasteiger partial charge in [0.15, 0.2) is 0 Å². The molecule has 0 spiro atoms. The largest absolute Gasteiger partial charge is 0.387 e. The van der Waals surface area contributed by atoms with E-state index in [9.17, 15) is 5.11 Å². The molecule has 0 bridgehead atoms. The predicted octanol–water partition coefficient (Wildman–Crippen LogP) is 1.17. The molecule has 3 heterocycles. The van der Waals surface area contributed by atoms with Crippen molar-refractivity contribution in [2.75, 3.05) is 68.8 Å². The summed E-state index contributed by atoms with van der Waals surface area (Å²) in [5.74, 6) is 1.96. The molecule has 2 aliphatic heterocycles. The molecule has 0 aliphatic carbocycles. The summed E-state index contributed by atoms with van der Waals surface area (Å²) in [6.07, 6.45) is 1.22. The lowest BCUT2D eigenvalue weighted by atomic mass is 10.1. The van der Waals surface area contributed by atoms with Gasteiger partial charge in [-0.1, -0.05) is 30.3 Å². The van der Waals surface area contributed by atoms with E-state index in [2.05, 4.69) is 30.7 Å². The number of piperazine rings is 1. The molecule has 2 aromatic rings. The first-order valence-corrected chi connectivity index (χ1v) is 9.64. The Balaban J connectivity index is 1.32. The van der Waals surface area contributed by atoms with Crippen LogP contribution in [0.25, 0.3) is 0 Å². The summed E-state index contributed by atoms with van der Waals surface area (Å²) >= 11 is 0. The van der Waals surface area contributed by atoms with E-state index in [-0.39, 0.29) is 0 Å². The highest BCUT2D eigenvalue weighted by Gasteiger charge is 2.22. The fourth-order valence-corrected chi connectivity index (χ4v) is 3.66. The van der Waals surface area contributed by atoms with Crippen molar-refractivity contribution in [1.82, 2.24) is 14.9 Å². The van der Waals surface area contributed by atoms with Crippen LogP contribution in [0.15, 0.2) is 42.7 Å². The van der Waals surface area contributed by atoms with Gasteiger partial charge < -0.3 is 19.6 Å². The lowest BCUT2D eigenvalue weighted by molar-refractivity contribution is 0.109. The van der Waals surface area contributed by atoms with Crippen LogP contribution < -0.4 is 9.80 Å². The van der Waals surface area contributed by atoms with E-state index >= 15 is 0 Å². The molecule has 7 nitrogen and oxygen atoms in total. The smallest absolute Gasteiger partial charge is 0.134 e. The van der Waals surface area contributed by atoms with Crippen LogP contribution in [0.5, 0.6) is 0 Å². The number of aliphatic hydroxyl groups is 1. The molecule has 2 fully saturated rings. The Morgan fingerprint density at radius 2 is 1.52 bits per heavy atom. The van der Waals surface area contributed by atoms with Crippen LogP contribution in [0.3, 0.4) is 0 Å². The second-order valence-electron chi connectivity index (χ2n) is 7.05. The number of nitrogens with zero attached hydrogens (tertiary/aromatic N) is 5. The number of morpholine rings is 1. The number of benzene rings is 1. The quantitative estimate of drug-likeness (QED) is 0.849. The van der Waals surface area contributed by atoms with Gasteiger partial charge in [0.05, 0.1) is 19.3 Å². The third-order valence-electron chi connectivity index (χ3n) is 5.29. The number of rotatable bonds is 5. The summed E-state index contributed by atoms with van der Waals surface area (Å²) < 4.78 is 5.42. The SMILES string of the molecule is OC(CN1CCN(c2cc(N3CCOCC3)ncn2)CC1)c1ccccc1. The monoisotopic (exact) mass is 369 g/mol. The molecular formula is C20H27N5O2. The van der Waals surface area contributed by atoms with Crippen LogP contribution in [0.4, 0.5) is 11.6 Å². The second-order valence-corrected chi connectivity index (χ2v) is 7.05. The average Bonchev–Trinajstić information content (AvgIpc) is 2.75. The molecule has 1 unspecified atom stereocenters. The van der Waals surface area contributed by atoms with Gasteiger partial charge in [-0.2, -0.15) is 0 Å². The van der Waals surface area contributed by atoms with Gasteiger partial charge in [0, 0.05) is 51.9 Å². The number of hydrogen-bond donors (Lipinski definition) is 1. The maximum Gasteiger partial charge on any atom is 0.134 e. The molecule has 0 radical (unpaired) electrons. The predicted molar refractivity (Wildman–Crippen MR) is 105 cm³/mol. The Kier molecular flexibility index (Phi) is 5.81. The number of aliphatic hydroxyl groups excluding tert-OH is 1. The lowest BCUT2D eigenvalue weighted by Gasteiger charge is -2.36. The van der Waals surface area contributed by atoms with Crippen molar-refractivity contribution in [1.29, 1.82) is 0 Å². The molecule has 4 rings (SSSR count). The van der Waals surface area contributed by atoms with Gasteiger partial charge in [-0.05, 0) is 5.56 Å². The molecule has 144 valence electrons. The zero-order chi connectivity index (χ0) is 18.5. The first-order chi connectivity index (χ1) is 13.3. The van der Waals surface area contributed by atoms with E-state index in [0.717, 1.165) is 69.7 Å². The fourth-order valence-electron chi connectivity index (χ4n) is 3.66. The normalized spacial score (nSPS) is 19.9. The van der Waals surface area contributed by atoms with Crippen molar-refractivity contribution in [2.45, 2.75) is 6.10 Å². The highest BCUT2D eigenvalue weighted by atomic mass is 16.5. The summed E-state index contributed by atoms with van der Waals surface area (Å²) in [5, 5.41) is 10.4. The Hall–Kier alpha value is -2.22. The Morgan fingerprint density at radius 1 is 0.889 bits per heavy atom. The summed E-state index contributed by atoms with van der Waals surface area (Å²) in [6, 6.07) is 12.0. The minimum Gasteiger partial charge on any atom is -0.387 e. The zero-order valence-corrected chi connectivity index (χ0v) is 15.6. The van der Waals surface area contributed by atoms with Crippen LogP contribution in [0.1, 0.15) is 11.7 Å². The minimum atomic E-state index is -0.440. The van der Waals surface area contributed by atoms with Gasteiger partial charge in [-0.15, -0.1) is 0 Å². The Bertz CT molecular complexity index is 715. The van der Waals surface area contributed by atoms with Crippen LogP contribution >= 0.6 is 0 Å². The molecule has 1 aromatic heterocycles. The fraction of sp³-hybridized carbons (Fsp3) is 0.500. The average molecular weight is 369 g/mol. The summed E-state index contributed by atoms with van der Waals surface area (Å²) in [6.45, 7) is 7.57. The molecular weight excluding hydrogens is 342 g/mol. The maximum absolute atomic E-state index is 10.4. The third-order valence-corrected chi connectivity index (χ3v) is 5.29. The number of β-amino-alcohol motifs (C(OH)–C–C–N with tert-alkyl or cyclic N) is 1. The molecule has 2 saturated heterocycles. The van der Waals surface area contributed by atoms with Crippen LogP contribution in [0, 0.1) is 0 Å². The van der Waals surface area contributed by atoms with E-state index in [0.29, 0.717) is 6.54 Å². The van der Waals surface area contributed by atoms with Crippen molar-refractivity contribution >= 4 is 11.6 Å². The van der Waals surface area contributed by atoms with E-state index in [1.54, 1.807) is 6.33 Å². The molecule has 27 heavy (non-hydrogen) atoms. The van der Waals surface area contributed by atoms with E-state index in [1.165, 1.54) is 0 Å². The molecule has 7 heteroatoms. The highest BCUT2D eigenvalue weighted by molar-refractivity contribution is 5.50. The van der Waals surface area contributed by atoms with Crippen LogP contribution in [-0.4, -0.2) is 79.0 Å². The highest BCUT2D eigenvalue weighted by Crippen LogP contribution is 2.21. The number of hydrogen-bond acceptors (Lipinski definition) is 7. The van der Waals surface area contributed by atoms with Crippen molar-refractivity contribution in [3.63, 3.8) is 0 Å². The van der Waals surface area contributed by atoms with Crippen molar-refractivity contribution in [3.05, 3.63) is 48.3 Å². The Labute approximate surface area is 160 Å². The Morgan fingerprint density at radius 3 is 2.19 bits per heavy atom. The zero-order valence-electron chi connectivity index (χ0n) is 15.6. The van der Waals surface area contributed by atoms with E-state index in [1.807, 2.05) is 30.3 Å². The first kappa shape index (κ1) is 18.2. The van der Waals surface area contributed by atoms with E-state index < -0.39 is 6.10 Å². The third kappa shape index (κ3) is 4.55. The molecule has 0 amide bonds. The van der Waals surface area contributed by atoms with Crippen LogP contribution in [0.2, 0.25) is 0 Å². The molecule has 1 aromatic carbocycles. The van der Waals surface area contributed by atoms with Crippen molar-refractivity contribution in [3.8, 4) is 0 Å². The van der Waals surface area contributed by atoms with Crippen molar-refractivity contribution < 1.29 is 9.84 Å². The lowest BCUT2D eigenvalue weighted by Crippen LogP contribution is -2.48. The van der Waals surface area contributed by atoms with Gasteiger partial charge in [0.25, 0.3) is 0 Å². The number of aromatic nitrogens is 2. The summed E-state index contributed by atoms with van der Waals surface area (Å²) in [5.41, 5.74) is 0.978. The molecule has 2 aliphatic rings. The van der Waals surface area contributed by atoms with Gasteiger partial charge in [-0.25, -0.2) is 9.97 Å². The topological polar surface area (TPSA) is 65.0 Å². The van der Waals surface area contributed by atoms with Gasteiger partial charge >= 0.3 is 0 Å². The van der Waals surface area contributed by atoms with E-state index in [4.69, 9.17) is 4.74 Å². The minimum absolute atomic E-state index is 0.440. The van der Waals surface area contributed by atoms with Gasteiger partial charge in [-0.3, -0.25) is 4.90 Å². The summed E-state index contributed by atoms with van der Waals surface area (Å²) in [7, 11) is 0. The van der Waals surface area contributed by atoms with Gasteiger partial charge in [0.2, 0.25) is 0 Å². The number of ether oxygens (including phenoxy) is 1. The first-order valence-electron chi connectivity index (χ1n) is 9.64. The number of anilines is 2. The second kappa shape index (κ2) is 8.65. The molecule has 1 N–H and O–H groups in total. The maximum atomic E-state index is 10.4.